The third-order valence-electron chi connectivity index (χ3n) is 4.76. The molecule has 9 heteroatoms. The van der Waals surface area contributed by atoms with Gasteiger partial charge >= 0.3 is 0 Å². The van der Waals surface area contributed by atoms with Crippen molar-refractivity contribution in [1.29, 1.82) is 0 Å². The fourth-order valence-corrected chi connectivity index (χ4v) is 3.84. The van der Waals surface area contributed by atoms with Crippen LogP contribution in [0.2, 0.25) is 0 Å². The van der Waals surface area contributed by atoms with E-state index in [0.717, 1.165) is 23.0 Å². The molecule has 2 aromatic heterocycles. The van der Waals surface area contributed by atoms with Crippen LogP contribution in [0.4, 0.5) is 25.4 Å². The van der Waals surface area contributed by atoms with Crippen molar-refractivity contribution in [1.82, 2.24) is 9.97 Å². The van der Waals surface area contributed by atoms with Crippen molar-refractivity contribution in [2.24, 2.45) is 0 Å². The van der Waals surface area contributed by atoms with E-state index in [0.29, 0.717) is 38.3 Å². The molecule has 2 heterocycles. The van der Waals surface area contributed by atoms with Crippen LogP contribution in [0.1, 0.15) is 20.8 Å². The molecule has 3 N–H and O–H groups in total. The number of aryl methyl sites for hydroxylation is 1. The number of anilines is 3. The summed E-state index contributed by atoms with van der Waals surface area (Å²) in [4.78, 5) is 21.6. The van der Waals surface area contributed by atoms with Gasteiger partial charge in [-0.05, 0) is 49.7 Å². The van der Waals surface area contributed by atoms with Gasteiger partial charge in [-0.15, -0.1) is 0 Å². The van der Waals surface area contributed by atoms with Gasteiger partial charge < -0.3 is 15.7 Å². The average Bonchev–Trinajstić information content (AvgIpc) is 3.22. The van der Waals surface area contributed by atoms with Gasteiger partial charge in [0.15, 0.2) is 5.13 Å². The number of phenols is 1. The fraction of sp³-hybridized carbons (Fsp3) is 0.0870. The molecule has 0 aliphatic rings. The summed E-state index contributed by atoms with van der Waals surface area (Å²) in [5.74, 6) is -1.22. The molecule has 32 heavy (non-hydrogen) atoms. The smallest absolute Gasteiger partial charge is 0.267 e. The van der Waals surface area contributed by atoms with Gasteiger partial charge in [0, 0.05) is 17.2 Å². The topological polar surface area (TPSA) is 87.1 Å². The molecule has 1 amide bonds. The van der Waals surface area contributed by atoms with E-state index >= 15 is 0 Å². The summed E-state index contributed by atoms with van der Waals surface area (Å²) >= 11 is 1.12. The summed E-state index contributed by atoms with van der Waals surface area (Å²) in [5.41, 5.74) is 2.65. The molecule has 0 aliphatic heterocycles. The van der Waals surface area contributed by atoms with Crippen molar-refractivity contribution in [2.75, 3.05) is 10.6 Å². The van der Waals surface area contributed by atoms with E-state index in [1.807, 2.05) is 6.92 Å². The lowest BCUT2D eigenvalue weighted by atomic mass is 10.1. The van der Waals surface area contributed by atoms with E-state index < -0.39 is 11.6 Å². The Labute approximate surface area is 186 Å². The third-order valence-corrected chi connectivity index (χ3v) is 5.67. The van der Waals surface area contributed by atoms with Gasteiger partial charge in [-0.3, -0.25) is 4.79 Å². The number of aromatic nitrogens is 2. The first-order valence-corrected chi connectivity index (χ1v) is 10.4. The van der Waals surface area contributed by atoms with Gasteiger partial charge in [0.25, 0.3) is 5.91 Å². The number of benzene rings is 2. The molecule has 0 bridgehead atoms. The Kier molecular flexibility index (Phi) is 5.83. The molecular formula is C23H18F2N4O2S. The predicted octanol–water partition coefficient (Wildman–Crippen LogP) is 5.80. The van der Waals surface area contributed by atoms with Gasteiger partial charge in [-0.2, -0.15) is 0 Å². The normalized spacial score (nSPS) is 10.8. The fourth-order valence-electron chi connectivity index (χ4n) is 3.12. The van der Waals surface area contributed by atoms with Crippen molar-refractivity contribution in [3.8, 4) is 17.0 Å². The number of carbonyl (C=O) groups excluding carboxylic acids is 1. The molecule has 4 rings (SSSR count). The molecule has 0 radical (unpaired) electrons. The van der Waals surface area contributed by atoms with Crippen molar-refractivity contribution < 1.29 is 18.7 Å². The summed E-state index contributed by atoms with van der Waals surface area (Å²) in [6.45, 7) is 3.56. The second-order valence-electron chi connectivity index (χ2n) is 7.08. The summed E-state index contributed by atoms with van der Waals surface area (Å²) < 4.78 is 27.0. The Hall–Kier alpha value is -3.85. The molecule has 4 aromatic rings. The monoisotopic (exact) mass is 452 g/mol. The number of phenolic OH excluding ortho intramolecular Hbond substituents is 1. The van der Waals surface area contributed by atoms with Crippen LogP contribution in [-0.2, 0) is 0 Å². The molecule has 0 spiro atoms. The van der Waals surface area contributed by atoms with E-state index in [-0.39, 0.29) is 11.7 Å². The largest absolute Gasteiger partial charge is 0.508 e. The minimum absolute atomic E-state index is 0.0988. The van der Waals surface area contributed by atoms with Crippen LogP contribution in [-0.4, -0.2) is 21.0 Å². The van der Waals surface area contributed by atoms with Crippen molar-refractivity contribution >= 4 is 33.9 Å². The van der Waals surface area contributed by atoms with Crippen LogP contribution >= 0.6 is 11.3 Å². The van der Waals surface area contributed by atoms with E-state index in [9.17, 15) is 18.7 Å². The zero-order valence-electron chi connectivity index (χ0n) is 17.1. The molecule has 0 fully saturated rings. The van der Waals surface area contributed by atoms with E-state index in [1.54, 1.807) is 37.3 Å². The molecule has 0 saturated carbocycles. The second kappa shape index (κ2) is 8.72. The lowest BCUT2D eigenvalue weighted by molar-refractivity contribution is 0.103. The predicted molar refractivity (Wildman–Crippen MR) is 121 cm³/mol. The lowest BCUT2D eigenvalue weighted by Gasteiger charge is -2.11. The van der Waals surface area contributed by atoms with Crippen molar-refractivity contribution in [2.45, 2.75) is 13.8 Å². The summed E-state index contributed by atoms with van der Waals surface area (Å²) in [6.07, 6.45) is 1.43. The van der Waals surface area contributed by atoms with Crippen LogP contribution < -0.4 is 10.6 Å². The Morgan fingerprint density at radius 3 is 2.56 bits per heavy atom. The number of nitrogens with zero attached hydrogens (tertiary/aromatic N) is 2. The number of halogens is 2. The molecule has 0 aliphatic carbocycles. The summed E-state index contributed by atoms with van der Waals surface area (Å²) in [7, 11) is 0. The molecule has 162 valence electrons. The second-order valence-corrected chi connectivity index (χ2v) is 8.11. The molecule has 0 saturated heterocycles. The number of nitrogens with one attached hydrogen (secondary N) is 2. The van der Waals surface area contributed by atoms with Gasteiger partial charge in [0.1, 0.15) is 28.1 Å². The maximum atomic E-state index is 13.5. The quantitative estimate of drug-likeness (QED) is 0.356. The minimum atomic E-state index is -0.687. The van der Waals surface area contributed by atoms with Gasteiger partial charge in [0.2, 0.25) is 0 Å². The summed E-state index contributed by atoms with van der Waals surface area (Å²) in [5, 5.41) is 16.1. The summed E-state index contributed by atoms with van der Waals surface area (Å²) in [6, 6.07) is 11.5. The highest BCUT2D eigenvalue weighted by molar-refractivity contribution is 7.17. The highest BCUT2D eigenvalue weighted by atomic mass is 32.1. The maximum absolute atomic E-state index is 13.5. The average molecular weight is 452 g/mol. The third kappa shape index (κ3) is 4.57. The zero-order chi connectivity index (χ0) is 22.8. The van der Waals surface area contributed by atoms with Gasteiger partial charge in [0.05, 0.1) is 17.6 Å². The number of hydrogen-bond donors (Lipinski definition) is 3. The number of thiazole rings is 1. The Morgan fingerprint density at radius 1 is 1.06 bits per heavy atom. The number of carbonyl (C=O) groups is 1. The first-order valence-electron chi connectivity index (χ1n) is 9.57. The molecule has 0 atom stereocenters. The van der Waals surface area contributed by atoms with Gasteiger partial charge in [-0.25, -0.2) is 18.7 Å². The van der Waals surface area contributed by atoms with E-state index in [2.05, 4.69) is 20.6 Å². The number of hydrogen-bond acceptors (Lipinski definition) is 6. The SMILES string of the molecule is Cc1ccc(O)c(C)c1NC(=O)c1cnc(Nc2cccc(-c3cc(F)cc(F)c3)n2)s1. The standard InChI is InChI=1S/C23H18F2N4O2S/c1-12-6-7-18(30)13(2)21(12)29-22(31)19-11-26-23(32-19)28-20-5-3-4-17(27-20)14-8-15(24)10-16(25)9-14/h3-11,30H,1-2H3,(H,29,31)(H,26,27,28). The Bertz CT molecular complexity index is 1300. The number of aromatic hydroxyl groups is 1. The lowest BCUT2D eigenvalue weighted by Crippen LogP contribution is -2.12. The van der Waals surface area contributed by atoms with E-state index in [1.165, 1.54) is 18.3 Å². The molecule has 0 unspecified atom stereocenters. The first kappa shape index (κ1) is 21.4. The van der Waals surface area contributed by atoms with Crippen molar-refractivity contribution in [3.05, 3.63) is 82.4 Å². The van der Waals surface area contributed by atoms with Crippen LogP contribution in [0.5, 0.6) is 5.75 Å². The Balaban J connectivity index is 1.51. The molecule has 6 nitrogen and oxygen atoms in total. The van der Waals surface area contributed by atoms with Crippen LogP contribution in [0, 0.1) is 25.5 Å². The van der Waals surface area contributed by atoms with Crippen molar-refractivity contribution in [3.63, 3.8) is 0 Å². The molecular weight excluding hydrogens is 434 g/mol. The Morgan fingerprint density at radius 2 is 1.81 bits per heavy atom. The number of rotatable bonds is 5. The van der Waals surface area contributed by atoms with E-state index in [4.69, 9.17) is 0 Å². The van der Waals surface area contributed by atoms with Crippen LogP contribution in [0.3, 0.4) is 0 Å². The van der Waals surface area contributed by atoms with Crippen LogP contribution in [0.25, 0.3) is 11.3 Å². The zero-order valence-corrected chi connectivity index (χ0v) is 17.9. The van der Waals surface area contributed by atoms with Gasteiger partial charge in [-0.1, -0.05) is 23.5 Å². The number of amides is 1. The molecule has 2 aromatic carbocycles. The minimum Gasteiger partial charge on any atom is -0.508 e. The maximum Gasteiger partial charge on any atom is 0.267 e. The van der Waals surface area contributed by atoms with Crippen LogP contribution in [0.15, 0.2) is 54.7 Å². The first-order chi connectivity index (χ1) is 15.3. The highest BCUT2D eigenvalue weighted by Gasteiger charge is 2.15. The highest BCUT2D eigenvalue weighted by Crippen LogP contribution is 2.30. The number of pyridine rings is 1.